The Morgan fingerprint density at radius 3 is 2.44 bits per heavy atom. The first-order chi connectivity index (χ1) is 12.8. The van der Waals surface area contributed by atoms with Crippen LogP contribution in [-0.2, 0) is 18.8 Å². The molecule has 0 unspecified atom stereocenters. The van der Waals surface area contributed by atoms with E-state index in [0.29, 0.717) is 12.2 Å². The van der Waals surface area contributed by atoms with Crippen molar-refractivity contribution in [2.45, 2.75) is 25.4 Å². The number of carbonyl (C=O) groups excluding carboxylic acids is 1. The Balaban J connectivity index is 1.86. The third kappa shape index (κ3) is 3.80. The van der Waals surface area contributed by atoms with E-state index in [1.165, 1.54) is 0 Å². The number of hydrogen-bond acceptors (Lipinski definition) is 4. The molecule has 0 spiro atoms. The fourth-order valence-electron chi connectivity index (χ4n) is 3.55. The van der Waals surface area contributed by atoms with E-state index in [4.69, 9.17) is 4.74 Å². The van der Waals surface area contributed by atoms with Gasteiger partial charge in [-0.05, 0) is 31.4 Å². The minimum atomic E-state index is -0.187. The molecule has 27 heavy (non-hydrogen) atoms. The molecular weight excluding hydrogens is 346 g/mol. The Kier molecular flexibility index (Phi) is 5.46. The number of imidazole rings is 1. The highest BCUT2D eigenvalue weighted by Crippen LogP contribution is 2.30. The summed E-state index contributed by atoms with van der Waals surface area (Å²) >= 11 is 0. The summed E-state index contributed by atoms with van der Waals surface area (Å²) in [6.45, 7) is 1.33. The Hall–Kier alpha value is -2.48. The van der Waals surface area contributed by atoms with Gasteiger partial charge in [0.15, 0.2) is 0 Å². The van der Waals surface area contributed by atoms with Crippen LogP contribution in [0.1, 0.15) is 19.3 Å². The Morgan fingerprint density at radius 1 is 1.19 bits per heavy atom. The summed E-state index contributed by atoms with van der Waals surface area (Å²) in [4.78, 5) is 28.5. The molecule has 1 fully saturated rings. The van der Waals surface area contributed by atoms with E-state index < -0.39 is 0 Å². The van der Waals surface area contributed by atoms with Gasteiger partial charge in [0.25, 0.3) is 0 Å². The number of urea groups is 1. The van der Waals surface area contributed by atoms with Crippen molar-refractivity contribution in [3.8, 4) is 0 Å². The number of hydrogen-bond donors (Lipinski definition) is 1. The third-order valence-electron chi connectivity index (χ3n) is 5.21. The molecule has 8 heteroatoms. The quantitative estimate of drug-likeness (QED) is 0.887. The molecule has 0 saturated carbocycles. The average Bonchev–Trinajstić information content (AvgIpc) is 2.85. The molecule has 148 valence electrons. The summed E-state index contributed by atoms with van der Waals surface area (Å²) in [6.07, 6.45) is 3.32. The molecule has 1 N–H and O–H groups in total. The molecule has 0 aliphatic carbocycles. The highest BCUT2D eigenvalue weighted by Gasteiger charge is 2.21. The fourth-order valence-corrected chi connectivity index (χ4v) is 3.55. The lowest BCUT2D eigenvalue weighted by Gasteiger charge is -2.28. The van der Waals surface area contributed by atoms with Crippen molar-refractivity contribution in [1.29, 1.82) is 0 Å². The van der Waals surface area contributed by atoms with E-state index >= 15 is 0 Å². The molecule has 0 radical (unpaired) electrons. The number of benzene rings is 1. The standard InChI is InChI=1S/C19H29N5O3/c1-21(2)15-11-17-16(23(4)19(26)24(17)5)10-14(15)20-18(25)22(3)12-13-8-6-7-9-27-13/h10-11,13H,6-9,12H2,1-5H3,(H,20,25)/t13-/m1/s1. The fraction of sp³-hybridized carbons (Fsp3) is 0.579. The molecule has 3 rings (SSSR count). The molecule has 8 nitrogen and oxygen atoms in total. The molecular formula is C19H29N5O3. The van der Waals surface area contributed by atoms with E-state index in [1.807, 2.05) is 31.1 Å². The molecule has 1 saturated heterocycles. The monoisotopic (exact) mass is 375 g/mol. The first kappa shape index (κ1) is 19.3. The van der Waals surface area contributed by atoms with Crippen LogP contribution in [0.25, 0.3) is 11.0 Å². The van der Waals surface area contributed by atoms with Crippen molar-refractivity contribution < 1.29 is 9.53 Å². The van der Waals surface area contributed by atoms with E-state index in [1.54, 1.807) is 35.2 Å². The van der Waals surface area contributed by atoms with Gasteiger partial charge in [0.2, 0.25) is 0 Å². The molecule has 1 aromatic heterocycles. The Labute approximate surface area is 159 Å². The largest absolute Gasteiger partial charge is 0.376 e. The molecule has 2 aromatic rings. The van der Waals surface area contributed by atoms with Gasteiger partial charge < -0.3 is 19.9 Å². The van der Waals surface area contributed by atoms with E-state index in [2.05, 4.69) is 5.32 Å². The summed E-state index contributed by atoms with van der Waals surface area (Å²) in [5.41, 5.74) is 3.04. The zero-order chi connectivity index (χ0) is 19.7. The number of likely N-dealkylation sites (N-methyl/N-ethyl adjacent to an activating group) is 1. The number of aryl methyl sites for hydroxylation is 2. The van der Waals surface area contributed by atoms with Gasteiger partial charge in [-0.15, -0.1) is 0 Å². The lowest BCUT2D eigenvalue weighted by molar-refractivity contribution is 0.00464. The van der Waals surface area contributed by atoms with Gasteiger partial charge >= 0.3 is 11.7 Å². The van der Waals surface area contributed by atoms with Gasteiger partial charge in [0.1, 0.15) is 0 Å². The van der Waals surface area contributed by atoms with E-state index in [0.717, 1.165) is 42.6 Å². The average molecular weight is 375 g/mol. The molecule has 1 aromatic carbocycles. The van der Waals surface area contributed by atoms with Crippen LogP contribution in [0.3, 0.4) is 0 Å². The third-order valence-corrected chi connectivity index (χ3v) is 5.21. The number of fused-ring (bicyclic) bond motifs is 1. The topological polar surface area (TPSA) is 71.7 Å². The zero-order valence-electron chi connectivity index (χ0n) is 16.8. The maximum atomic E-state index is 12.7. The SMILES string of the molecule is CN(C[C@H]1CCCCO1)C(=O)Nc1cc2c(cc1N(C)C)n(C)c(=O)n2C. The van der Waals surface area contributed by atoms with Crippen LogP contribution in [0, 0.1) is 0 Å². The second kappa shape index (κ2) is 7.64. The summed E-state index contributed by atoms with van der Waals surface area (Å²) in [5, 5.41) is 2.99. The smallest absolute Gasteiger partial charge is 0.328 e. The molecule has 1 atom stereocenters. The van der Waals surface area contributed by atoms with Crippen LogP contribution in [-0.4, -0.2) is 60.5 Å². The zero-order valence-corrected chi connectivity index (χ0v) is 16.8. The second-order valence-electron chi connectivity index (χ2n) is 7.45. The molecule has 0 bridgehead atoms. The highest BCUT2D eigenvalue weighted by atomic mass is 16.5. The molecule has 2 heterocycles. The molecule has 2 amide bonds. The summed E-state index contributed by atoms with van der Waals surface area (Å²) in [5.74, 6) is 0. The Bertz CT molecular complexity index is 893. The van der Waals surface area contributed by atoms with Crippen LogP contribution < -0.4 is 15.9 Å². The van der Waals surface area contributed by atoms with Crippen molar-refractivity contribution in [2.75, 3.05) is 44.5 Å². The van der Waals surface area contributed by atoms with Crippen molar-refractivity contribution in [3.63, 3.8) is 0 Å². The molecule has 1 aliphatic heterocycles. The number of ether oxygens (including phenoxy) is 1. The number of carbonyl (C=O) groups is 1. The number of anilines is 2. The van der Waals surface area contributed by atoms with Gasteiger partial charge in [-0.2, -0.15) is 0 Å². The predicted molar refractivity (Wildman–Crippen MR) is 108 cm³/mol. The summed E-state index contributed by atoms with van der Waals surface area (Å²) in [7, 11) is 9.09. The van der Waals surface area contributed by atoms with Crippen LogP contribution in [0.2, 0.25) is 0 Å². The van der Waals surface area contributed by atoms with Gasteiger partial charge in [-0.25, -0.2) is 9.59 Å². The summed E-state index contributed by atoms with van der Waals surface area (Å²) in [6, 6.07) is 3.60. The van der Waals surface area contributed by atoms with Gasteiger partial charge in [0.05, 0.1) is 28.5 Å². The lowest BCUT2D eigenvalue weighted by Crippen LogP contribution is -2.39. The second-order valence-corrected chi connectivity index (χ2v) is 7.45. The first-order valence-corrected chi connectivity index (χ1v) is 9.30. The maximum Gasteiger partial charge on any atom is 0.328 e. The minimum Gasteiger partial charge on any atom is -0.376 e. The van der Waals surface area contributed by atoms with Gasteiger partial charge in [-0.3, -0.25) is 9.13 Å². The van der Waals surface area contributed by atoms with Gasteiger partial charge in [-0.1, -0.05) is 0 Å². The van der Waals surface area contributed by atoms with Crippen molar-refractivity contribution >= 4 is 28.4 Å². The van der Waals surface area contributed by atoms with Crippen LogP contribution >= 0.6 is 0 Å². The first-order valence-electron chi connectivity index (χ1n) is 9.30. The van der Waals surface area contributed by atoms with E-state index in [9.17, 15) is 9.59 Å². The number of amides is 2. The predicted octanol–water partition coefficient (Wildman–Crippen LogP) is 1.98. The number of rotatable bonds is 4. The number of aromatic nitrogens is 2. The van der Waals surface area contributed by atoms with Crippen LogP contribution in [0.15, 0.2) is 16.9 Å². The van der Waals surface area contributed by atoms with Gasteiger partial charge in [0, 0.05) is 48.4 Å². The van der Waals surface area contributed by atoms with Crippen LogP contribution in [0.4, 0.5) is 16.2 Å². The number of nitrogens with one attached hydrogen (secondary N) is 1. The minimum absolute atomic E-state index is 0.0928. The van der Waals surface area contributed by atoms with Crippen molar-refractivity contribution in [2.24, 2.45) is 14.1 Å². The van der Waals surface area contributed by atoms with E-state index in [-0.39, 0.29) is 17.8 Å². The highest BCUT2D eigenvalue weighted by molar-refractivity contribution is 5.97. The van der Waals surface area contributed by atoms with Crippen LogP contribution in [0.5, 0.6) is 0 Å². The molecule has 1 aliphatic rings. The number of nitrogens with zero attached hydrogens (tertiary/aromatic N) is 4. The maximum absolute atomic E-state index is 12.7. The normalized spacial score (nSPS) is 17.1. The lowest BCUT2D eigenvalue weighted by atomic mass is 10.1. The van der Waals surface area contributed by atoms with Crippen molar-refractivity contribution in [3.05, 3.63) is 22.6 Å². The Morgan fingerprint density at radius 2 is 1.85 bits per heavy atom. The van der Waals surface area contributed by atoms with Crippen molar-refractivity contribution in [1.82, 2.24) is 14.0 Å². The summed E-state index contributed by atoms with van der Waals surface area (Å²) < 4.78 is 8.93.